The number of aliphatic hydroxyl groups is 1. The van der Waals surface area contributed by atoms with Gasteiger partial charge in [0.1, 0.15) is 6.61 Å². The Morgan fingerprint density at radius 2 is 2.21 bits per heavy atom. The van der Waals surface area contributed by atoms with E-state index in [9.17, 15) is 8.42 Å². The van der Waals surface area contributed by atoms with Crippen molar-refractivity contribution in [2.75, 3.05) is 31.6 Å². The number of methoxy groups -OCH3 is 1. The second-order valence-corrected chi connectivity index (χ2v) is 5.03. The lowest BCUT2D eigenvalue weighted by atomic mass is 10.2. The Bertz CT molecular complexity index is 561. The van der Waals surface area contributed by atoms with Crippen molar-refractivity contribution in [3.63, 3.8) is 0 Å². The lowest BCUT2D eigenvalue weighted by Crippen LogP contribution is -2.32. The van der Waals surface area contributed by atoms with Gasteiger partial charge >= 0.3 is 0 Å². The van der Waals surface area contributed by atoms with Gasteiger partial charge in [-0.15, -0.1) is 0 Å². The highest BCUT2D eigenvalue weighted by molar-refractivity contribution is 7.90. The molecule has 1 aromatic carbocycles. The summed E-state index contributed by atoms with van der Waals surface area (Å²) in [6.45, 7) is 0.243. The third kappa shape index (κ3) is 6.22. The fourth-order valence-electron chi connectivity index (χ4n) is 1.27. The molecule has 0 atom stereocenters. The Balaban J connectivity index is 2.71. The Kier molecular flexibility index (Phi) is 6.32. The van der Waals surface area contributed by atoms with E-state index in [1.54, 1.807) is 24.3 Å². The standard InChI is InChI=1S/C12H16N2O4S/c1-18-9-7-13-19(16,17)14-12-6-2-4-11(10-12)5-3-8-15/h2,4,6,10,13-15H,7-9H2,1H3. The van der Waals surface area contributed by atoms with Crippen molar-refractivity contribution in [2.45, 2.75) is 0 Å². The van der Waals surface area contributed by atoms with E-state index in [1.807, 2.05) is 0 Å². The first-order valence-corrected chi connectivity index (χ1v) is 7.02. The SMILES string of the molecule is COCCNS(=O)(=O)Nc1cccc(C#CCO)c1. The van der Waals surface area contributed by atoms with Crippen LogP contribution in [0.25, 0.3) is 0 Å². The van der Waals surface area contributed by atoms with Crippen molar-refractivity contribution < 1.29 is 18.3 Å². The predicted octanol–water partition coefficient (Wildman–Crippen LogP) is -0.0769. The molecule has 0 spiro atoms. The minimum atomic E-state index is -3.62. The third-order valence-corrected chi connectivity index (χ3v) is 3.11. The maximum Gasteiger partial charge on any atom is 0.299 e. The minimum Gasteiger partial charge on any atom is -0.384 e. The van der Waals surface area contributed by atoms with E-state index in [0.29, 0.717) is 17.9 Å². The molecule has 0 radical (unpaired) electrons. The molecule has 0 amide bonds. The second-order valence-electron chi connectivity index (χ2n) is 3.53. The van der Waals surface area contributed by atoms with E-state index >= 15 is 0 Å². The second kappa shape index (κ2) is 7.76. The van der Waals surface area contributed by atoms with E-state index in [2.05, 4.69) is 21.3 Å². The van der Waals surface area contributed by atoms with Gasteiger partial charge in [0.05, 0.1) is 12.3 Å². The van der Waals surface area contributed by atoms with Crippen LogP contribution in [0.1, 0.15) is 5.56 Å². The molecule has 0 saturated heterocycles. The lowest BCUT2D eigenvalue weighted by Gasteiger charge is -2.09. The normalized spacial score (nSPS) is 10.6. The first-order valence-electron chi connectivity index (χ1n) is 5.53. The zero-order chi connectivity index (χ0) is 14.1. The fourth-order valence-corrected chi connectivity index (χ4v) is 2.13. The van der Waals surface area contributed by atoms with Crippen LogP contribution in [0.2, 0.25) is 0 Å². The number of hydrogen-bond donors (Lipinski definition) is 3. The molecule has 0 aliphatic rings. The predicted molar refractivity (Wildman–Crippen MR) is 72.8 cm³/mol. The van der Waals surface area contributed by atoms with E-state index in [4.69, 9.17) is 9.84 Å². The summed E-state index contributed by atoms with van der Waals surface area (Å²) in [5, 5.41) is 8.60. The van der Waals surface area contributed by atoms with Gasteiger partial charge in [-0.05, 0) is 18.2 Å². The smallest absolute Gasteiger partial charge is 0.299 e. The largest absolute Gasteiger partial charge is 0.384 e. The van der Waals surface area contributed by atoms with Crippen LogP contribution in [-0.2, 0) is 14.9 Å². The zero-order valence-electron chi connectivity index (χ0n) is 10.5. The molecule has 19 heavy (non-hydrogen) atoms. The van der Waals surface area contributed by atoms with Gasteiger partial charge in [-0.2, -0.15) is 13.1 Å². The number of aliphatic hydroxyl groups excluding tert-OH is 1. The van der Waals surface area contributed by atoms with Crippen LogP contribution in [0.4, 0.5) is 5.69 Å². The summed E-state index contributed by atoms with van der Waals surface area (Å²) >= 11 is 0. The molecule has 0 bridgehead atoms. The maximum atomic E-state index is 11.6. The summed E-state index contributed by atoms with van der Waals surface area (Å²) in [5.41, 5.74) is 1.01. The third-order valence-electron chi connectivity index (χ3n) is 2.02. The van der Waals surface area contributed by atoms with Crippen molar-refractivity contribution in [1.82, 2.24) is 4.72 Å². The summed E-state index contributed by atoms with van der Waals surface area (Å²) < 4.78 is 32.7. The van der Waals surface area contributed by atoms with Crippen LogP contribution in [0.3, 0.4) is 0 Å². The van der Waals surface area contributed by atoms with Crippen molar-refractivity contribution in [1.29, 1.82) is 0 Å². The van der Waals surface area contributed by atoms with Gasteiger partial charge in [-0.1, -0.05) is 17.9 Å². The highest BCUT2D eigenvalue weighted by Crippen LogP contribution is 2.10. The Labute approximate surface area is 113 Å². The Hall–Kier alpha value is -1.59. The molecule has 0 unspecified atom stereocenters. The first-order chi connectivity index (χ1) is 9.07. The Morgan fingerprint density at radius 1 is 1.42 bits per heavy atom. The van der Waals surface area contributed by atoms with E-state index in [1.165, 1.54) is 7.11 Å². The molecule has 0 aromatic heterocycles. The van der Waals surface area contributed by atoms with Gasteiger partial charge in [0.2, 0.25) is 0 Å². The molecule has 1 aromatic rings. The number of benzene rings is 1. The molecular formula is C12H16N2O4S. The molecule has 3 N–H and O–H groups in total. The van der Waals surface area contributed by atoms with Crippen LogP contribution >= 0.6 is 0 Å². The number of nitrogens with one attached hydrogen (secondary N) is 2. The Morgan fingerprint density at radius 3 is 2.89 bits per heavy atom. The van der Waals surface area contributed by atoms with Crippen LogP contribution < -0.4 is 9.44 Å². The summed E-state index contributed by atoms with van der Waals surface area (Å²) in [7, 11) is -2.13. The number of rotatable bonds is 6. The van der Waals surface area contributed by atoms with Gasteiger partial charge in [-0.25, -0.2) is 0 Å². The zero-order valence-corrected chi connectivity index (χ0v) is 11.3. The lowest BCUT2D eigenvalue weighted by molar-refractivity contribution is 0.204. The van der Waals surface area contributed by atoms with Crippen LogP contribution in [0, 0.1) is 11.8 Å². The van der Waals surface area contributed by atoms with Crippen molar-refractivity contribution in [3.05, 3.63) is 29.8 Å². The van der Waals surface area contributed by atoms with Crippen molar-refractivity contribution >= 4 is 15.9 Å². The first kappa shape index (κ1) is 15.5. The van der Waals surface area contributed by atoms with E-state index < -0.39 is 10.2 Å². The van der Waals surface area contributed by atoms with E-state index in [-0.39, 0.29) is 13.2 Å². The summed E-state index contributed by atoms with van der Waals surface area (Å²) in [5.74, 6) is 5.19. The number of anilines is 1. The van der Waals surface area contributed by atoms with Crippen LogP contribution in [0.5, 0.6) is 0 Å². The highest BCUT2D eigenvalue weighted by Gasteiger charge is 2.08. The van der Waals surface area contributed by atoms with Gasteiger partial charge in [-0.3, -0.25) is 4.72 Å². The van der Waals surface area contributed by atoms with Gasteiger partial charge < -0.3 is 9.84 Å². The highest BCUT2D eigenvalue weighted by atomic mass is 32.2. The minimum absolute atomic E-state index is 0.190. The molecule has 1 rings (SSSR count). The van der Waals surface area contributed by atoms with Gasteiger partial charge in [0, 0.05) is 19.2 Å². The van der Waals surface area contributed by atoms with Gasteiger partial charge in [0.15, 0.2) is 0 Å². The topological polar surface area (TPSA) is 87.7 Å². The number of ether oxygens (including phenoxy) is 1. The molecule has 0 aliphatic heterocycles. The fraction of sp³-hybridized carbons (Fsp3) is 0.333. The molecule has 0 fully saturated rings. The molecule has 0 heterocycles. The van der Waals surface area contributed by atoms with E-state index in [0.717, 1.165) is 0 Å². The quantitative estimate of drug-likeness (QED) is 0.504. The average molecular weight is 284 g/mol. The van der Waals surface area contributed by atoms with Crippen LogP contribution in [-0.4, -0.2) is 40.4 Å². The summed E-state index contributed by atoms with van der Waals surface area (Å²) in [6.07, 6.45) is 0. The summed E-state index contributed by atoms with van der Waals surface area (Å²) in [4.78, 5) is 0. The van der Waals surface area contributed by atoms with Gasteiger partial charge in [0.25, 0.3) is 10.2 Å². The molecule has 6 nitrogen and oxygen atoms in total. The summed E-state index contributed by atoms with van der Waals surface area (Å²) in [6, 6.07) is 6.59. The molecular weight excluding hydrogens is 268 g/mol. The van der Waals surface area contributed by atoms with Crippen molar-refractivity contribution in [3.8, 4) is 11.8 Å². The van der Waals surface area contributed by atoms with Crippen molar-refractivity contribution in [2.24, 2.45) is 0 Å². The average Bonchev–Trinajstić information content (AvgIpc) is 2.36. The molecule has 104 valence electrons. The molecule has 0 aliphatic carbocycles. The number of hydrogen-bond acceptors (Lipinski definition) is 4. The monoisotopic (exact) mass is 284 g/mol. The molecule has 7 heteroatoms. The maximum absolute atomic E-state index is 11.6. The van der Waals surface area contributed by atoms with Crippen LogP contribution in [0.15, 0.2) is 24.3 Å². The molecule has 0 saturated carbocycles.